The summed E-state index contributed by atoms with van der Waals surface area (Å²) in [5.41, 5.74) is 1.07. The minimum atomic E-state index is -0.440. The second kappa shape index (κ2) is 7.98. The number of rotatable bonds is 4. The van der Waals surface area contributed by atoms with Gasteiger partial charge < -0.3 is 14.9 Å². The smallest absolute Gasteiger partial charge is 0.261 e. The minimum absolute atomic E-state index is 0.0633. The summed E-state index contributed by atoms with van der Waals surface area (Å²) in [6, 6.07) is 10.4. The van der Waals surface area contributed by atoms with Gasteiger partial charge in [-0.05, 0) is 42.7 Å². The molecule has 0 saturated carbocycles. The van der Waals surface area contributed by atoms with E-state index in [2.05, 4.69) is 25.1 Å². The number of halogens is 1. The standard InChI is InChI=1S/C20H20ClN5O2/c21-14-7-5-13(6-8-14)16-10-9-15(20(28)23-16)19(27)22-12-18-25-24-17-4-2-1-3-11-26(17)18/h5-10H,1-4,11-12H2,(H,22,27)(H,23,28). The van der Waals surface area contributed by atoms with Gasteiger partial charge >= 0.3 is 0 Å². The fourth-order valence-corrected chi connectivity index (χ4v) is 3.51. The Morgan fingerprint density at radius 2 is 1.93 bits per heavy atom. The number of nitrogens with zero attached hydrogens (tertiary/aromatic N) is 3. The van der Waals surface area contributed by atoms with Gasteiger partial charge in [-0.2, -0.15) is 0 Å². The van der Waals surface area contributed by atoms with E-state index in [0.717, 1.165) is 43.0 Å². The highest BCUT2D eigenvalue weighted by Crippen LogP contribution is 2.19. The fourth-order valence-electron chi connectivity index (χ4n) is 3.38. The molecule has 8 heteroatoms. The lowest BCUT2D eigenvalue weighted by Gasteiger charge is -2.08. The molecule has 0 saturated heterocycles. The zero-order valence-corrected chi connectivity index (χ0v) is 16.0. The molecule has 144 valence electrons. The molecule has 2 aromatic heterocycles. The molecule has 7 nitrogen and oxygen atoms in total. The van der Waals surface area contributed by atoms with E-state index in [1.165, 1.54) is 12.5 Å². The van der Waals surface area contributed by atoms with Gasteiger partial charge in [0, 0.05) is 23.7 Å². The second-order valence-corrected chi connectivity index (χ2v) is 7.24. The van der Waals surface area contributed by atoms with Crippen LogP contribution in [0.5, 0.6) is 0 Å². The molecule has 0 aliphatic carbocycles. The van der Waals surface area contributed by atoms with Crippen molar-refractivity contribution in [3.63, 3.8) is 0 Å². The van der Waals surface area contributed by atoms with Crippen molar-refractivity contribution in [1.29, 1.82) is 0 Å². The molecular weight excluding hydrogens is 378 g/mol. The molecule has 1 aliphatic heterocycles. The summed E-state index contributed by atoms with van der Waals surface area (Å²) in [5, 5.41) is 11.8. The topological polar surface area (TPSA) is 92.7 Å². The normalized spacial score (nSPS) is 13.6. The maximum Gasteiger partial charge on any atom is 0.261 e. The van der Waals surface area contributed by atoms with Gasteiger partial charge in [0.2, 0.25) is 0 Å². The molecule has 2 N–H and O–H groups in total. The highest BCUT2D eigenvalue weighted by molar-refractivity contribution is 6.30. The number of pyridine rings is 1. The largest absolute Gasteiger partial charge is 0.345 e. The molecular formula is C20H20ClN5O2. The van der Waals surface area contributed by atoms with Crippen LogP contribution in [0.15, 0.2) is 41.2 Å². The van der Waals surface area contributed by atoms with Crippen LogP contribution in [0.25, 0.3) is 11.3 Å². The quantitative estimate of drug-likeness (QED) is 0.707. The average Bonchev–Trinajstić information content (AvgIpc) is 2.92. The van der Waals surface area contributed by atoms with E-state index in [1.807, 2.05) is 12.1 Å². The maximum absolute atomic E-state index is 12.5. The number of aromatic amines is 1. The Bertz CT molecular complexity index is 1060. The van der Waals surface area contributed by atoms with E-state index in [9.17, 15) is 9.59 Å². The fraction of sp³-hybridized carbons (Fsp3) is 0.300. The Hall–Kier alpha value is -2.93. The van der Waals surface area contributed by atoms with Gasteiger partial charge in [-0.25, -0.2) is 0 Å². The van der Waals surface area contributed by atoms with Crippen LogP contribution < -0.4 is 10.9 Å². The van der Waals surface area contributed by atoms with Gasteiger partial charge in [0.05, 0.1) is 6.54 Å². The summed E-state index contributed by atoms with van der Waals surface area (Å²) >= 11 is 5.89. The number of hydrogen-bond acceptors (Lipinski definition) is 4. The monoisotopic (exact) mass is 397 g/mol. The van der Waals surface area contributed by atoms with Crippen molar-refractivity contribution in [2.24, 2.45) is 0 Å². The van der Waals surface area contributed by atoms with E-state index in [-0.39, 0.29) is 12.1 Å². The van der Waals surface area contributed by atoms with E-state index in [0.29, 0.717) is 10.7 Å². The van der Waals surface area contributed by atoms with Crippen LogP contribution in [-0.2, 0) is 19.5 Å². The lowest BCUT2D eigenvalue weighted by Crippen LogP contribution is -2.30. The van der Waals surface area contributed by atoms with E-state index < -0.39 is 11.5 Å². The Kier molecular flexibility index (Phi) is 5.25. The summed E-state index contributed by atoms with van der Waals surface area (Å²) in [6.07, 6.45) is 4.27. The summed E-state index contributed by atoms with van der Waals surface area (Å²) < 4.78 is 2.07. The van der Waals surface area contributed by atoms with Crippen molar-refractivity contribution in [2.75, 3.05) is 0 Å². The molecule has 1 aromatic carbocycles. The predicted molar refractivity (Wildman–Crippen MR) is 106 cm³/mol. The van der Waals surface area contributed by atoms with Crippen molar-refractivity contribution >= 4 is 17.5 Å². The molecule has 0 bridgehead atoms. The van der Waals surface area contributed by atoms with Gasteiger partial charge in [-0.3, -0.25) is 9.59 Å². The van der Waals surface area contributed by atoms with Crippen molar-refractivity contribution < 1.29 is 4.79 Å². The third-order valence-corrected chi connectivity index (χ3v) is 5.15. The number of fused-ring (bicyclic) bond motifs is 1. The SMILES string of the molecule is O=C(NCc1nnc2n1CCCCC2)c1ccc(-c2ccc(Cl)cc2)[nH]c1=O. The van der Waals surface area contributed by atoms with Gasteiger partial charge in [0.25, 0.3) is 11.5 Å². The summed E-state index contributed by atoms with van der Waals surface area (Å²) in [7, 11) is 0. The van der Waals surface area contributed by atoms with Crippen LogP contribution in [0.1, 0.15) is 41.3 Å². The van der Waals surface area contributed by atoms with E-state index in [4.69, 9.17) is 11.6 Å². The minimum Gasteiger partial charge on any atom is -0.345 e. The van der Waals surface area contributed by atoms with Gasteiger partial charge in [-0.1, -0.05) is 30.2 Å². The third-order valence-electron chi connectivity index (χ3n) is 4.90. The number of amides is 1. The molecule has 0 atom stereocenters. The van der Waals surface area contributed by atoms with Crippen LogP contribution in [0.4, 0.5) is 0 Å². The summed E-state index contributed by atoms with van der Waals surface area (Å²) in [5.74, 6) is 1.25. The highest BCUT2D eigenvalue weighted by Gasteiger charge is 2.17. The Balaban J connectivity index is 1.47. The Labute approximate surface area is 166 Å². The zero-order valence-electron chi connectivity index (χ0n) is 15.2. The van der Waals surface area contributed by atoms with Crippen LogP contribution in [0, 0.1) is 0 Å². The Morgan fingerprint density at radius 1 is 1.11 bits per heavy atom. The zero-order chi connectivity index (χ0) is 19.5. The molecule has 0 radical (unpaired) electrons. The van der Waals surface area contributed by atoms with Crippen LogP contribution >= 0.6 is 11.6 Å². The maximum atomic E-state index is 12.5. The number of hydrogen-bond donors (Lipinski definition) is 2. The second-order valence-electron chi connectivity index (χ2n) is 6.80. The Morgan fingerprint density at radius 3 is 2.71 bits per heavy atom. The first-order valence-electron chi connectivity index (χ1n) is 9.30. The lowest BCUT2D eigenvalue weighted by atomic mass is 10.1. The molecule has 0 fully saturated rings. The van der Waals surface area contributed by atoms with Crippen molar-refractivity contribution in [3.8, 4) is 11.3 Å². The average molecular weight is 398 g/mol. The third kappa shape index (κ3) is 3.84. The number of aryl methyl sites for hydroxylation is 1. The van der Waals surface area contributed by atoms with E-state index >= 15 is 0 Å². The number of nitrogens with one attached hydrogen (secondary N) is 2. The molecule has 3 heterocycles. The van der Waals surface area contributed by atoms with Crippen molar-refractivity contribution in [2.45, 2.75) is 38.8 Å². The highest BCUT2D eigenvalue weighted by atomic mass is 35.5. The van der Waals surface area contributed by atoms with Crippen LogP contribution in [0.2, 0.25) is 5.02 Å². The van der Waals surface area contributed by atoms with Gasteiger partial charge in [0.1, 0.15) is 11.4 Å². The van der Waals surface area contributed by atoms with Crippen molar-refractivity contribution in [1.82, 2.24) is 25.1 Å². The first-order chi connectivity index (χ1) is 13.6. The van der Waals surface area contributed by atoms with Crippen molar-refractivity contribution in [3.05, 3.63) is 69.0 Å². The number of H-pyrrole nitrogens is 1. The number of carbonyl (C=O) groups is 1. The van der Waals surface area contributed by atoms with E-state index in [1.54, 1.807) is 18.2 Å². The lowest BCUT2D eigenvalue weighted by molar-refractivity contribution is 0.0948. The molecule has 1 aliphatic rings. The molecule has 3 aromatic rings. The van der Waals surface area contributed by atoms with Crippen LogP contribution in [-0.4, -0.2) is 25.7 Å². The molecule has 1 amide bonds. The van der Waals surface area contributed by atoms with Gasteiger partial charge in [0.15, 0.2) is 5.82 Å². The molecule has 0 unspecified atom stereocenters. The summed E-state index contributed by atoms with van der Waals surface area (Å²) in [4.78, 5) is 27.6. The molecule has 28 heavy (non-hydrogen) atoms. The number of aromatic nitrogens is 4. The predicted octanol–water partition coefficient (Wildman–Crippen LogP) is 2.94. The summed E-state index contributed by atoms with van der Waals surface area (Å²) in [6.45, 7) is 1.11. The first-order valence-corrected chi connectivity index (χ1v) is 9.68. The van der Waals surface area contributed by atoms with Crippen LogP contribution in [0.3, 0.4) is 0 Å². The van der Waals surface area contributed by atoms with Gasteiger partial charge in [-0.15, -0.1) is 10.2 Å². The number of carbonyl (C=O) groups excluding carboxylic acids is 1. The molecule has 0 spiro atoms. The number of benzene rings is 1. The first kappa shape index (κ1) is 18.4. The molecule has 4 rings (SSSR count).